The van der Waals surface area contributed by atoms with E-state index in [0.717, 1.165) is 24.2 Å². The van der Waals surface area contributed by atoms with Gasteiger partial charge in [-0.1, -0.05) is 0 Å². The maximum absolute atomic E-state index is 12.3. The Morgan fingerprint density at radius 1 is 1.50 bits per heavy atom. The summed E-state index contributed by atoms with van der Waals surface area (Å²) in [6.45, 7) is 0.859. The van der Waals surface area contributed by atoms with Crippen molar-refractivity contribution < 1.29 is 18.3 Å². The maximum Gasteiger partial charge on any atom is 0.252 e. The summed E-state index contributed by atoms with van der Waals surface area (Å²) in [4.78, 5) is 0. The van der Waals surface area contributed by atoms with Gasteiger partial charge in [0.2, 0.25) is 0 Å². The standard InChI is InChI=1S/C11H17NO4S2/c1-16-10-2-4-12(5-3-10)18(14,15)11-6-9(7-13)8-17-11/h6,8,10,13H,2-5,7H2,1H3. The molecular weight excluding hydrogens is 274 g/mol. The van der Waals surface area contributed by atoms with Crippen LogP contribution in [-0.2, 0) is 21.4 Å². The van der Waals surface area contributed by atoms with Crippen LogP contribution in [0, 0.1) is 0 Å². The smallest absolute Gasteiger partial charge is 0.252 e. The van der Waals surface area contributed by atoms with Crippen LogP contribution in [0.15, 0.2) is 15.7 Å². The first kappa shape index (κ1) is 14.0. The Labute approximate surface area is 111 Å². The van der Waals surface area contributed by atoms with Crippen LogP contribution in [0.25, 0.3) is 0 Å². The van der Waals surface area contributed by atoms with E-state index in [1.165, 1.54) is 4.31 Å². The number of piperidine rings is 1. The first-order valence-electron chi connectivity index (χ1n) is 5.79. The Morgan fingerprint density at radius 2 is 2.17 bits per heavy atom. The molecule has 0 radical (unpaired) electrons. The van der Waals surface area contributed by atoms with Crippen molar-refractivity contribution in [1.29, 1.82) is 0 Å². The summed E-state index contributed by atoms with van der Waals surface area (Å²) in [7, 11) is -1.74. The monoisotopic (exact) mass is 291 g/mol. The van der Waals surface area contributed by atoms with Crippen LogP contribution in [0.3, 0.4) is 0 Å². The molecule has 0 saturated carbocycles. The van der Waals surface area contributed by atoms with Crippen molar-refractivity contribution in [2.24, 2.45) is 0 Å². The van der Waals surface area contributed by atoms with E-state index in [1.54, 1.807) is 18.6 Å². The summed E-state index contributed by atoms with van der Waals surface area (Å²) in [5.74, 6) is 0. The molecular formula is C11H17NO4S2. The first-order valence-corrected chi connectivity index (χ1v) is 8.11. The van der Waals surface area contributed by atoms with E-state index < -0.39 is 10.0 Å². The molecule has 1 fully saturated rings. The highest BCUT2D eigenvalue weighted by Crippen LogP contribution is 2.26. The van der Waals surface area contributed by atoms with Crippen molar-refractivity contribution in [3.63, 3.8) is 0 Å². The SMILES string of the molecule is COC1CCN(S(=O)(=O)c2cc(CO)cs2)CC1. The van der Waals surface area contributed by atoms with Gasteiger partial charge < -0.3 is 9.84 Å². The molecule has 0 amide bonds. The third-order valence-corrected chi connectivity index (χ3v) is 6.50. The third-order valence-electron chi connectivity index (χ3n) is 3.14. The Kier molecular flexibility index (Phi) is 4.39. The number of aliphatic hydroxyl groups is 1. The van der Waals surface area contributed by atoms with E-state index >= 15 is 0 Å². The van der Waals surface area contributed by atoms with Crippen molar-refractivity contribution >= 4 is 21.4 Å². The van der Waals surface area contributed by atoms with Gasteiger partial charge >= 0.3 is 0 Å². The fourth-order valence-corrected chi connectivity index (χ4v) is 4.83. The lowest BCUT2D eigenvalue weighted by Gasteiger charge is -2.29. The number of methoxy groups -OCH3 is 1. The molecule has 1 aliphatic rings. The Bertz CT molecular complexity index is 489. The normalized spacial score (nSPS) is 19.2. The first-order chi connectivity index (χ1) is 8.57. The number of rotatable bonds is 4. The van der Waals surface area contributed by atoms with Gasteiger partial charge in [-0.2, -0.15) is 4.31 Å². The summed E-state index contributed by atoms with van der Waals surface area (Å²) in [6, 6.07) is 1.54. The molecule has 0 aromatic carbocycles. The average molecular weight is 291 g/mol. The molecule has 1 aromatic heterocycles. The number of aliphatic hydroxyl groups excluding tert-OH is 1. The number of hydrogen-bond acceptors (Lipinski definition) is 5. The number of nitrogens with zero attached hydrogens (tertiary/aromatic N) is 1. The summed E-state index contributed by atoms with van der Waals surface area (Å²) < 4.78 is 31.7. The molecule has 2 rings (SSSR count). The van der Waals surface area contributed by atoms with E-state index in [1.807, 2.05) is 0 Å². The van der Waals surface area contributed by atoms with Crippen LogP contribution in [-0.4, -0.2) is 44.1 Å². The molecule has 1 aliphatic heterocycles. The van der Waals surface area contributed by atoms with Crippen LogP contribution >= 0.6 is 11.3 Å². The van der Waals surface area contributed by atoms with Gasteiger partial charge in [0.05, 0.1) is 12.7 Å². The Balaban J connectivity index is 2.12. The molecule has 0 aliphatic carbocycles. The minimum absolute atomic E-state index is 0.127. The molecule has 1 aromatic rings. The maximum atomic E-state index is 12.3. The number of sulfonamides is 1. The summed E-state index contributed by atoms with van der Waals surface area (Å²) in [6.07, 6.45) is 1.62. The fraction of sp³-hybridized carbons (Fsp3) is 0.636. The zero-order chi connectivity index (χ0) is 13.2. The highest BCUT2D eigenvalue weighted by atomic mass is 32.2. The second-order valence-electron chi connectivity index (χ2n) is 4.27. The third kappa shape index (κ3) is 2.75. The lowest BCUT2D eigenvalue weighted by atomic mass is 10.1. The van der Waals surface area contributed by atoms with E-state index in [0.29, 0.717) is 22.9 Å². The average Bonchev–Trinajstić information content (AvgIpc) is 2.88. The van der Waals surface area contributed by atoms with E-state index in [4.69, 9.17) is 9.84 Å². The van der Waals surface area contributed by atoms with Gasteiger partial charge in [0.1, 0.15) is 4.21 Å². The second kappa shape index (κ2) is 5.66. The summed E-state index contributed by atoms with van der Waals surface area (Å²) >= 11 is 1.16. The van der Waals surface area contributed by atoms with Crippen LogP contribution < -0.4 is 0 Å². The Morgan fingerprint density at radius 3 is 2.67 bits per heavy atom. The Hall–Kier alpha value is -0.470. The zero-order valence-corrected chi connectivity index (χ0v) is 11.8. The van der Waals surface area contributed by atoms with Crippen LogP contribution in [0.4, 0.5) is 0 Å². The van der Waals surface area contributed by atoms with Gasteiger partial charge in [-0.3, -0.25) is 0 Å². The van der Waals surface area contributed by atoms with Crippen LogP contribution in [0.5, 0.6) is 0 Å². The molecule has 0 atom stereocenters. The van der Waals surface area contributed by atoms with E-state index in [9.17, 15) is 8.42 Å². The molecule has 18 heavy (non-hydrogen) atoms. The van der Waals surface area contributed by atoms with Gasteiger partial charge in [0.15, 0.2) is 0 Å². The molecule has 0 unspecified atom stereocenters. The molecule has 5 nitrogen and oxygen atoms in total. The van der Waals surface area contributed by atoms with Crippen molar-refractivity contribution in [1.82, 2.24) is 4.31 Å². The second-order valence-corrected chi connectivity index (χ2v) is 7.35. The van der Waals surface area contributed by atoms with Crippen molar-refractivity contribution in [3.8, 4) is 0 Å². The van der Waals surface area contributed by atoms with Crippen molar-refractivity contribution in [3.05, 3.63) is 17.0 Å². The van der Waals surface area contributed by atoms with Crippen molar-refractivity contribution in [2.45, 2.75) is 29.8 Å². The van der Waals surface area contributed by atoms with Gasteiger partial charge in [0, 0.05) is 20.2 Å². The topological polar surface area (TPSA) is 66.8 Å². The zero-order valence-electron chi connectivity index (χ0n) is 10.2. The van der Waals surface area contributed by atoms with Gasteiger partial charge in [-0.25, -0.2) is 8.42 Å². The molecule has 0 bridgehead atoms. The molecule has 1 N–H and O–H groups in total. The molecule has 1 saturated heterocycles. The van der Waals surface area contributed by atoms with Gasteiger partial charge in [0.25, 0.3) is 10.0 Å². The minimum Gasteiger partial charge on any atom is -0.392 e. The van der Waals surface area contributed by atoms with E-state index in [-0.39, 0.29) is 12.7 Å². The van der Waals surface area contributed by atoms with Crippen LogP contribution in [0.2, 0.25) is 0 Å². The lowest BCUT2D eigenvalue weighted by Crippen LogP contribution is -2.40. The predicted octanol–water partition coefficient (Wildman–Crippen LogP) is 1.04. The van der Waals surface area contributed by atoms with Crippen LogP contribution in [0.1, 0.15) is 18.4 Å². The summed E-state index contributed by atoms with van der Waals surface area (Å²) in [5.41, 5.74) is 0.644. The molecule has 2 heterocycles. The largest absolute Gasteiger partial charge is 0.392 e. The minimum atomic E-state index is -3.40. The number of ether oxygens (including phenoxy) is 1. The van der Waals surface area contributed by atoms with Crippen molar-refractivity contribution in [2.75, 3.05) is 20.2 Å². The highest BCUT2D eigenvalue weighted by molar-refractivity contribution is 7.91. The lowest BCUT2D eigenvalue weighted by molar-refractivity contribution is 0.0605. The van der Waals surface area contributed by atoms with Gasteiger partial charge in [-0.15, -0.1) is 11.3 Å². The molecule has 7 heteroatoms. The van der Waals surface area contributed by atoms with Gasteiger partial charge in [-0.05, 0) is 29.9 Å². The molecule has 102 valence electrons. The predicted molar refractivity (Wildman–Crippen MR) is 69.0 cm³/mol. The highest BCUT2D eigenvalue weighted by Gasteiger charge is 2.30. The fourth-order valence-electron chi connectivity index (χ4n) is 2.01. The van der Waals surface area contributed by atoms with E-state index in [2.05, 4.69) is 0 Å². The molecule has 0 spiro atoms. The number of hydrogen-bond donors (Lipinski definition) is 1. The number of thiophene rings is 1. The quantitative estimate of drug-likeness (QED) is 0.900. The summed E-state index contributed by atoms with van der Waals surface area (Å²) in [5, 5.41) is 10.7.